The first-order valence-electron chi connectivity index (χ1n) is 7.31. The van der Waals surface area contributed by atoms with Crippen LogP contribution in [0.3, 0.4) is 0 Å². The van der Waals surface area contributed by atoms with Crippen molar-refractivity contribution in [3.63, 3.8) is 0 Å². The lowest BCUT2D eigenvalue weighted by atomic mass is 9.86. The van der Waals surface area contributed by atoms with Crippen LogP contribution < -0.4 is 0 Å². The summed E-state index contributed by atoms with van der Waals surface area (Å²) in [5.41, 5.74) is 2.25. The minimum atomic E-state index is 0.00680. The van der Waals surface area contributed by atoms with Crippen molar-refractivity contribution in [1.82, 2.24) is 4.90 Å². The number of benzene rings is 1. The van der Waals surface area contributed by atoms with E-state index in [4.69, 9.17) is 0 Å². The van der Waals surface area contributed by atoms with E-state index in [9.17, 15) is 4.39 Å². The maximum absolute atomic E-state index is 14.0. The molecule has 2 heteroatoms. The Kier molecular flexibility index (Phi) is 3.64. The number of hydrogen-bond donors (Lipinski definition) is 0. The second-order valence-corrected chi connectivity index (χ2v) is 5.82. The monoisotopic (exact) mass is 247 g/mol. The van der Waals surface area contributed by atoms with Crippen LogP contribution in [0.25, 0.3) is 0 Å². The first kappa shape index (κ1) is 12.2. The third kappa shape index (κ3) is 2.59. The molecule has 0 N–H and O–H groups in total. The lowest BCUT2D eigenvalue weighted by molar-refractivity contribution is 0.221. The van der Waals surface area contributed by atoms with Gasteiger partial charge in [-0.2, -0.15) is 0 Å². The Morgan fingerprint density at radius 1 is 1.06 bits per heavy atom. The first-order chi connectivity index (χ1) is 8.83. The van der Waals surface area contributed by atoms with E-state index >= 15 is 0 Å². The Bertz CT molecular complexity index is 406. The molecule has 0 amide bonds. The van der Waals surface area contributed by atoms with Gasteiger partial charge in [-0.3, -0.25) is 0 Å². The molecule has 0 unspecified atom stereocenters. The number of nitrogens with zero attached hydrogens (tertiary/aromatic N) is 1. The Morgan fingerprint density at radius 3 is 2.61 bits per heavy atom. The molecule has 3 heterocycles. The molecule has 2 bridgehead atoms. The number of hydrogen-bond acceptors (Lipinski definition) is 1. The van der Waals surface area contributed by atoms with E-state index in [0.29, 0.717) is 0 Å². The van der Waals surface area contributed by atoms with E-state index in [1.807, 2.05) is 6.07 Å². The van der Waals surface area contributed by atoms with Crippen LogP contribution in [-0.4, -0.2) is 24.5 Å². The molecule has 1 saturated heterocycles. The summed E-state index contributed by atoms with van der Waals surface area (Å²) in [6.07, 6.45) is 7.23. The van der Waals surface area contributed by atoms with Gasteiger partial charge in [-0.15, -0.1) is 0 Å². The van der Waals surface area contributed by atoms with Crippen LogP contribution in [0.4, 0.5) is 4.39 Å². The molecule has 0 atom stereocenters. The maximum Gasteiger partial charge on any atom is 0.126 e. The summed E-state index contributed by atoms with van der Waals surface area (Å²) in [5.74, 6) is 0.776. The standard InChI is InChI=1S/C16H22FN/c17-16-7-1-6-14-12-13-4-2-9-18(10-3-5-13)11-8-15(14)16/h1,6-7,13H,2-5,8-12H2. The zero-order valence-electron chi connectivity index (χ0n) is 11.0. The fourth-order valence-corrected chi connectivity index (χ4v) is 3.55. The van der Waals surface area contributed by atoms with E-state index in [2.05, 4.69) is 11.0 Å². The van der Waals surface area contributed by atoms with Gasteiger partial charge >= 0.3 is 0 Å². The fourth-order valence-electron chi connectivity index (χ4n) is 3.55. The number of halogens is 1. The molecule has 4 rings (SSSR count). The smallest absolute Gasteiger partial charge is 0.126 e. The second kappa shape index (κ2) is 5.40. The van der Waals surface area contributed by atoms with Crippen LogP contribution in [0.1, 0.15) is 36.8 Å². The van der Waals surface area contributed by atoms with Gasteiger partial charge in [-0.05, 0) is 74.7 Å². The van der Waals surface area contributed by atoms with Crippen molar-refractivity contribution in [2.24, 2.45) is 5.92 Å². The predicted octanol–water partition coefficient (Wildman–Crippen LogP) is 3.42. The van der Waals surface area contributed by atoms with Crippen LogP contribution in [-0.2, 0) is 12.8 Å². The van der Waals surface area contributed by atoms with Crippen molar-refractivity contribution in [1.29, 1.82) is 0 Å². The molecule has 98 valence electrons. The fraction of sp³-hybridized carbons (Fsp3) is 0.625. The summed E-state index contributed by atoms with van der Waals surface area (Å²) in [7, 11) is 0. The molecule has 0 spiro atoms. The third-order valence-corrected chi connectivity index (χ3v) is 4.58. The highest BCUT2D eigenvalue weighted by atomic mass is 19.1. The third-order valence-electron chi connectivity index (χ3n) is 4.58. The van der Waals surface area contributed by atoms with Gasteiger partial charge in [0.15, 0.2) is 0 Å². The van der Waals surface area contributed by atoms with Crippen molar-refractivity contribution in [2.75, 3.05) is 19.6 Å². The highest BCUT2D eigenvalue weighted by Gasteiger charge is 2.20. The molecule has 0 aromatic heterocycles. The molecule has 0 radical (unpaired) electrons. The van der Waals surface area contributed by atoms with Gasteiger partial charge in [0.05, 0.1) is 0 Å². The zero-order chi connectivity index (χ0) is 12.4. The van der Waals surface area contributed by atoms with E-state index < -0.39 is 0 Å². The van der Waals surface area contributed by atoms with Crippen LogP contribution >= 0.6 is 0 Å². The highest BCUT2D eigenvalue weighted by Crippen LogP contribution is 2.27. The van der Waals surface area contributed by atoms with E-state index in [1.54, 1.807) is 6.07 Å². The quantitative estimate of drug-likeness (QED) is 0.679. The van der Waals surface area contributed by atoms with E-state index in [0.717, 1.165) is 30.9 Å². The van der Waals surface area contributed by atoms with Crippen molar-refractivity contribution in [3.8, 4) is 0 Å². The number of fused-ring (bicyclic) bond motifs is 5. The van der Waals surface area contributed by atoms with E-state index in [-0.39, 0.29) is 5.82 Å². The van der Waals surface area contributed by atoms with Crippen LogP contribution in [0.15, 0.2) is 18.2 Å². The summed E-state index contributed by atoms with van der Waals surface area (Å²) in [4.78, 5) is 2.53. The van der Waals surface area contributed by atoms with Gasteiger partial charge < -0.3 is 4.90 Å². The summed E-state index contributed by atoms with van der Waals surface area (Å²) < 4.78 is 14.0. The second-order valence-electron chi connectivity index (χ2n) is 5.82. The summed E-state index contributed by atoms with van der Waals surface area (Å²) in [6.45, 7) is 3.44. The Labute approximate surface area is 109 Å². The van der Waals surface area contributed by atoms with Gasteiger partial charge in [-0.1, -0.05) is 12.1 Å². The normalized spacial score (nSPS) is 28.5. The SMILES string of the molecule is Fc1cccc2c1CCN1CCCC(CCC1)C2. The predicted molar refractivity (Wildman–Crippen MR) is 72.2 cm³/mol. The van der Waals surface area contributed by atoms with Gasteiger partial charge in [0.2, 0.25) is 0 Å². The average Bonchev–Trinajstić information content (AvgIpc) is 2.34. The molecule has 0 saturated carbocycles. The number of rotatable bonds is 0. The van der Waals surface area contributed by atoms with Crippen molar-refractivity contribution in [3.05, 3.63) is 35.1 Å². The van der Waals surface area contributed by atoms with Crippen LogP contribution in [0.2, 0.25) is 0 Å². The van der Waals surface area contributed by atoms with E-state index in [1.165, 1.54) is 44.3 Å². The van der Waals surface area contributed by atoms with Gasteiger partial charge in [0.25, 0.3) is 0 Å². The molecule has 18 heavy (non-hydrogen) atoms. The molecule has 1 fully saturated rings. The minimum Gasteiger partial charge on any atom is -0.303 e. The molecule has 1 aromatic carbocycles. The first-order valence-corrected chi connectivity index (χ1v) is 7.31. The average molecular weight is 247 g/mol. The largest absolute Gasteiger partial charge is 0.303 e. The van der Waals surface area contributed by atoms with Gasteiger partial charge in [-0.25, -0.2) is 4.39 Å². The molecule has 0 aliphatic carbocycles. The molecule has 1 nitrogen and oxygen atoms in total. The Balaban J connectivity index is 1.93. The molecular formula is C16H22FN. The van der Waals surface area contributed by atoms with Crippen molar-refractivity contribution >= 4 is 0 Å². The summed E-state index contributed by atoms with van der Waals surface area (Å²) in [6, 6.07) is 5.63. The Hall–Kier alpha value is -0.890. The van der Waals surface area contributed by atoms with Crippen LogP contribution in [0.5, 0.6) is 0 Å². The summed E-state index contributed by atoms with van der Waals surface area (Å²) >= 11 is 0. The maximum atomic E-state index is 14.0. The minimum absolute atomic E-state index is 0.00680. The van der Waals surface area contributed by atoms with Gasteiger partial charge in [0, 0.05) is 6.54 Å². The molecular weight excluding hydrogens is 225 g/mol. The Morgan fingerprint density at radius 2 is 1.83 bits per heavy atom. The highest BCUT2D eigenvalue weighted by molar-refractivity contribution is 5.29. The van der Waals surface area contributed by atoms with Crippen molar-refractivity contribution < 1.29 is 4.39 Å². The molecule has 3 aliphatic rings. The zero-order valence-corrected chi connectivity index (χ0v) is 11.0. The molecule has 1 aromatic rings. The lowest BCUT2D eigenvalue weighted by Crippen LogP contribution is -2.32. The van der Waals surface area contributed by atoms with Crippen molar-refractivity contribution in [2.45, 2.75) is 38.5 Å². The lowest BCUT2D eigenvalue weighted by Gasteiger charge is -2.30. The summed E-state index contributed by atoms with van der Waals surface area (Å²) in [5, 5.41) is 0. The topological polar surface area (TPSA) is 3.24 Å². The van der Waals surface area contributed by atoms with Crippen LogP contribution in [0, 0.1) is 11.7 Å². The van der Waals surface area contributed by atoms with Gasteiger partial charge in [0.1, 0.15) is 5.82 Å². The molecule has 3 aliphatic heterocycles.